The van der Waals surface area contributed by atoms with Crippen LogP contribution in [0.25, 0.3) is 0 Å². The van der Waals surface area contributed by atoms with E-state index in [-0.39, 0.29) is 13.2 Å². The van der Waals surface area contributed by atoms with E-state index in [2.05, 4.69) is 10.1 Å². The molecule has 1 fully saturated rings. The van der Waals surface area contributed by atoms with Crippen molar-refractivity contribution in [3.05, 3.63) is 66.2 Å². The lowest BCUT2D eigenvalue weighted by atomic mass is 10.2. The number of halogens is 3. The van der Waals surface area contributed by atoms with Crippen LogP contribution in [0.3, 0.4) is 0 Å². The third-order valence-corrected chi connectivity index (χ3v) is 3.89. The molecule has 27 heavy (non-hydrogen) atoms. The molecule has 1 amide bonds. The summed E-state index contributed by atoms with van der Waals surface area (Å²) in [5.41, 5.74) is 1.24. The van der Waals surface area contributed by atoms with Gasteiger partial charge in [-0.2, -0.15) is 13.2 Å². The number of nitrogens with one attached hydrogen (secondary N) is 1. The average Bonchev–Trinajstić information content (AvgIpc) is 3.39. The summed E-state index contributed by atoms with van der Waals surface area (Å²) in [7, 11) is 0. The van der Waals surface area contributed by atoms with E-state index in [9.17, 15) is 18.0 Å². The molecule has 5 nitrogen and oxygen atoms in total. The highest BCUT2D eigenvalue weighted by Gasteiger charge is 2.59. The summed E-state index contributed by atoms with van der Waals surface area (Å²) in [6, 6.07) is 17.3. The Labute approximate surface area is 154 Å². The predicted molar refractivity (Wildman–Crippen MR) is 91.1 cm³/mol. The normalized spacial score (nSPS) is 20.0. The Hall–Kier alpha value is -2.58. The fourth-order valence-electron chi connectivity index (χ4n) is 2.53. The Kier molecular flexibility index (Phi) is 5.98. The molecule has 8 heteroatoms. The molecule has 3 unspecified atom stereocenters. The number of epoxide rings is 1. The molecule has 1 saturated heterocycles. The summed E-state index contributed by atoms with van der Waals surface area (Å²) in [4.78, 5) is 11.8. The molecule has 0 saturated carbocycles. The molecule has 0 aromatic heterocycles. The van der Waals surface area contributed by atoms with Crippen molar-refractivity contribution in [2.75, 3.05) is 11.9 Å². The first kappa shape index (κ1) is 19.2. The van der Waals surface area contributed by atoms with Crippen molar-refractivity contribution in [2.24, 2.45) is 0 Å². The van der Waals surface area contributed by atoms with E-state index >= 15 is 0 Å². The van der Waals surface area contributed by atoms with Gasteiger partial charge in [-0.25, -0.2) is 4.79 Å². The minimum absolute atomic E-state index is 0.0181. The molecule has 0 bridgehead atoms. The minimum atomic E-state index is -4.74. The topological polar surface area (TPSA) is 60.1 Å². The molecular formula is C19H18F3NO4. The number of alkyl halides is 3. The first-order valence-electron chi connectivity index (χ1n) is 8.30. The Morgan fingerprint density at radius 2 is 1.70 bits per heavy atom. The molecule has 1 aliphatic rings. The van der Waals surface area contributed by atoms with Gasteiger partial charge in [0.1, 0.15) is 12.2 Å². The number of hydrogen-bond donors (Lipinski definition) is 1. The highest BCUT2D eigenvalue weighted by atomic mass is 19.4. The van der Waals surface area contributed by atoms with Crippen LogP contribution in [0, 0.1) is 0 Å². The fourth-order valence-corrected chi connectivity index (χ4v) is 2.53. The van der Waals surface area contributed by atoms with E-state index < -0.39 is 30.6 Å². The van der Waals surface area contributed by atoms with Crippen LogP contribution >= 0.6 is 0 Å². The maximum absolute atomic E-state index is 13.2. The standard InChI is InChI=1S/C19H18F3NO4/c20-19(21,22)17(27-18(24)23-14-9-5-2-6-10-14)16-15(26-16)12-25-11-13-7-3-1-4-8-13/h1-10,15-17H,11-12H2,(H,23,24). The largest absolute Gasteiger partial charge is 0.433 e. The fraction of sp³-hybridized carbons (Fsp3) is 0.316. The molecule has 3 rings (SSSR count). The van der Waals surface area contributed by atoms with Crippen LogP contribution in [0.2, 0.25) is 0 Å². The van der Waals surface area contributed by atoms with E-state index in [1.807, 2.05) is 30.3 Å². The van der Waals surface area contributed by atoms with Crippen LogP contribution in [0.1, 0.15) is 5.56 Å². The Balaban J connectivity index is 1.49. The Morgan fingerprint density at radius 3 is 2.33 bits per heavy atom. The number of carbonyl (C=O) groups excluding carboxylic acids is 1. The van der Waals surface area contributed by atoms with Gasteiger partial charge in [0.05, 0.1) is 13.2 Å². The SMILES string of the molecule is O=C(Nc1ccccc1)OC(C1OC1COCc1ccccc1)C(F)(F)F. The maximum atomic E-state index is 13.2. The average molecular weight is 381 g/mol. The molecule has 0 spiro atoms. The zero-order valence-corrected chi connectivity index (χ0v) is 14.2. The van der Waals surface area contributed by atoms with Crippen molar-refractivity contribution in [1.29, 1.82) is 0 Å². The van der Waals surface area contributed by atoms with E-state index in [0.29, 0.717) is 5.69 Å². The zero-order chi connectivity index (χ0) is 19.3. The molecule has 2 aromatic rings. The number of amides is 1. The summed E-state index contributed by atoms with van der Waals surface area (Å²) >= 11 is 0. The second kappa shape index (κ2) is 8.41. The highest BCUT2D eigenvalue weighted by Crippen LogP contribution is 2.37. The second-order valence-electron chi connectivity index (χ2n) is 6.00. The number of para-hydroxylation sites is 1. The van der Waals surface area contributed by atoms with Gasteiger partial charge in [-0.1, -0.05) is 48.5 Å². The summed E-state index contributed by atoms with van der Waals surface area (Å²) in [6.07, 6.45) is -10.3. The van der Waals surface area contributed by atoms with Crippen LogP contribution in [-0.2, 0) is 20.8 Å². The molecule has 0 aliphatic carbocycles. The summed E-state index contributed by atoms with van der Waals surface area (Å²) in [5, 5.41) is 2.26. The highest BCUT2D eigenvalue weighted by molar-refractivity contribution is 5.84. The lowest BCUT2D eigenvalue weighted by Crippen LogP contribution is -2.40. The molecule has 2 aromatic carbocycles. The van der Waals surface area contributed by atoms with Crippen LogP contribution in [0.4, 0.5) is 23.7 Å². The van der Waals surface area contributed by atoms with Crippen LogP contribution < -0.4 is 5.32 Å². The molecule has 144 valence electrons. The number of anilines is 1. The number of hydrogen-bond acceptors (Lipinski definition) is 4. The van der Waals surface area contributed by atoms with Gasteiger partial charge < -0.3 is 14.2 Å². The minimum Gasteiger partial charge on any atom is -0.433 e. The van der Waals surface area contributed by atoms with Gasteiger partial charge in [0, 0.05) is 5.69 Å². The lowest BCUT2D eigenvalue weighted by molar-refractivity contribution is -0.207. The van der Waals surface area contributed by atoms with Crippen molar-refractivity contribution >= 4 is 11.8 Å². The second-order valence-corrected chi connectivity index (χ2v) is 6.00. The van der Waals surface area contributed by atoms with E-state index in [4.69, 9.17) is 9.47 Å². The van der Waals surface area contributed by atoms with E-state index in [1.54, 1.807) is 18.2 Å². The van der Waals surface area contributed by atoms with Gasteiger partial charge in [-0.15, -0.1) is 0 Å². The van der Waals surface area contributed by atoms with E-state index in [0.717, 1.165) is 5.56 Å². The van der Waals surface area contributed by atoms with Gasteiger partial charge >= 0.3 is 12.3 Å². The van der Waals surface area contributed by atoms with Gasteiger partial charge in [0.15, 0.2) is 0 Å². The van der Waals surface area contributed by atoms with Crippen molar-refractivity contribution in [3.8, 4) is 0 Å². The first-order valence-corrected chi connectivity index (χ1v) is 8.30. The summed E-state index contributed by atoms with van der Waals surface area (Å²) < 4.78 is 54.7. The zero-order valence-electron chi connectivity index (χ0n) is 14.2. The Morgan fingerprint density at radius 1 is 1.07 bits per heavy atom. The smallest absolute Gasteiger partial charge is 0.428 e. The van der Waals surface area contributed by atoms with Crippen molar-refractivity contribution in [3.63, 3.8) is 0 Å². The third-order valence-electron chi connectivity index (χ3n) is 3.89. The number of ether oxygens (including phenoxy) is 3. The predicted octanol–water partition coefficient (Wildman–Crippen LogP) is 4.15. The number of rotatable bonds is 7. The van der Waals surface area contributed by atoms with Gasteiger partial charge in [-0.05, 0) is 17.7 Å². The quantitative estimate of drug-likeness (QED) is 0.732. The number of carbonyl (C=O) groups is 1. The third kappa shape index (κ3) is 5.70. The number of benzene rings is 2. The monoisotopic (exact) mass is 381 g/mol. The Bertz CT molecular complexity index is 740. The molecule has 3 atom stereocenters. The van der Waals surface area contributed by atoms with Crippen LogP contribution in [0.5, 0.6) is 0 Å². The summed E-state index contributed by atoms with van der Waals surface area (Å²) in [5.74, 6) is 0. The van der Waals surface area contributed by atoms with E-state index in [1.165, 1.54) is 12.1 Å². The van der Waals surface area contributed by atoms with Crippen molar-refractivity contribution in [2.45, 2.75) is 31.1 Å². The lowest BCUT2D eigenvalue weighted by Gasteiger charge is -2.19. The summed E-state index contributed by atoms with van der Waals surface area (Å²) in [6.45, 7) is 0.245. The molecule has 0 radical (unpaired) electrons. The van der Waals surface area contributed by atoms with Gasteiger partial charge in [0.25, 0.3) is 0 Å². The first-order chi connectivity index (χ1) is 12.9. The van der Waals surface area contributed by atoms with Gasteiger partial charge in [-0.3, -0.25) is 5.32 Å². The van der Waals surface area contributed by atoms with Gasteiger partial charge in [0.2, 0.25) is 6.10 Å². The van der Waals surface area contributed by atoms with Crippen molar-refractivity contribution < 1.29 is 32.2 Å². The molecule has 1 heterocycles. The molecule has 1 aliphatic heterocycles. The molecular weight excluding hydrogens is 363 g/mol. The molecule has 1 N–H and O–H groups in total. The van der Waals surface area contributed by atoms with Crippen LogP contribution in [-0.4, -0.2) is 37.2 Å². The van der Waals surface area contributed by atoms with Crippen LogP contribution in [0.15, 0.2) is 60.7 Å². The van der Waals surface area contributed by atoms with Crippen molar-refractivity contribution in [1.82, 2.24) is 0 Å². The maximum Gasteiger partial charge on any atom is 0.428 e.